The molecule has 48 valence electrons. The van der Waals surface area contributed by atoms with E-state index in [1.165, 1.54) is 13.8 Å². The molecule has 0 saturated carbocycles. The Morgan fingerprint density at radius 3 is 1.75 bits per heavy atom. The normalized spacial score (nSPS) is 11.6. The first kappa shape index (κ1) is 7.90. The number of hydrogen-bond donors (Lipinski definition) is 4. The number of aliphatic hydroxyl groups is 1. The van der Waals surface area contributed by atoms with Crippen molar-refractivity contribution in [1.82, 2.24) is 5.23 Å². The minimum Gasteiger partial charge on any atom is -0.413 e. The van der Waals surface area contributed by atoms with Gasteiger partial charge in [0.15, 0.2) is 0 Å². The fourth-order valence-electron chi connectivity index (χ4n) is 0.316. The maximum absolute atomic E-state index is 8.76. The van der Waals surface area contributed by atoms with Crippen molar-refractivity contribution in [1.29, 1.82) is 0 Å². The summed E-state index contributed by atoms with van der Waals surface area (Å²) in [6.07, 6.45) is 0. The van der Waals surface area contributed by atoms with Crippen molar-refractivity contribution < 1.29 is 15.2 Å². The average Bonchev–Trinajstić information content (AvgIpc) is 1.21. The van der Waals surface area contributed by atoms with Gasteiger partial charge >= 0.3 is 7.25 Å². The molecule has 8 heavy (non-hydrogen) atoms. The summed E-state index contributed by atoms with van der Waals surface area (Å²) in [7, 11) is -1.66. The van der Waals surface area contributed by atoms with Crippen LogP contribution in [-0.2, 0) is 0 Å². The van der Waals surface area contributed by atoms with Gasteiger partial charge in [0.2, 0.25) is 0 Å². The van der Waals surface area contributed by atoms with Gasteiger partial charge in [-0.25, -0.2) is 0 Å². The lowest BCUT2D eigenvalue weighted by Gasteiger charge is -2.17. The highest BCUT2D eigenvalue weighted by Crippen LogP contribution is 1.91. The minimum atomic E-state index is -1.66. The van der Waals surface area contributed by atoms with Crippen LogP contribution in [-0.4, -0.2) is 28.1 Å². The van der Waals surface area contributed by atoms with E-state index in [4.69, 9.17) is 15.2 Å². The molecule has 0 heterocycles. The third-order valence-corrected chi connectivity index (χ3v) is 0.482. The first-order chi connectivity index (χ1) is 3.42. The van der Waals surface area contributed by atoms with Gasteiger partial charge in [-0.1, -0.05) is 0 Å². The molecule has 0 saturated heterocycles. The Bertz CT molecular complexity index is 69.4. The largest absolute Gasteiger partial charge is 0.551 e. The summed E-state index contributed by atoms with van der Waals surface area (Å²) in [5.74, 6) is 0. The zero-order valence-electron chi connectivity index (χ0n) is 4.92. The van der Waals surface area contributed by atoms with Crippen LogP contribution < -0.4 is 5.23 Å². The maximum Gasteiger partial charge on any atom is 0.551 e. The van der Waals surface area contributed by atoms with Crippen LogP contribution in [0.3, 0.4) is 0 Å². The van der Waals surface area contributed by atoms with Crippen LogP contribution in [0.1, 0.15) is 13.8 Å². The van der Waals surface area contributed by atoms with E-state index < -0.39 is 13.0 Å². The van der Waals surface area contributed by atoms with Gasteiger partial charge in [-0.3, -0.25) is 5.23 Å². The topological polar surface area (TPSA) is 72.7 Å². The van der Waals surface area contributed by atoms with Gasteiger partial charge < -0.3 is 15.2 Å². The molecule has 0 aromatic heterocycles. The van der Waals surface area contributed by atoms with Gasteiger partial charge in [0, 0.05) is 0 Å². The van der Waals surface area contributed by atoms with E-state index in [2.05, 4.69) is 0 Å². The first-order valence-electron chi connectivity index (χ1n) is 2.28. The molecule has 0 aromatic rings. The highest BCUT2D eigenvalue weighted by Gasteiger charge is 2.18. The SMILES string of the molecule is CC(C)(O)NB(O)O. The summed E-state index contributed by atoms with van der Waals surface area (Å²) in [4.78, 5) is 0. The fraction of sp³-hybridized carbons (Fsp3) is 1.00. The van der Waals surface area contributed by atoms with Crippen LogP contribution >= 0.6 is 0 Å². The zero-order chi connectivity index (χ0) is 6.78. The zero-order valence-corrected chi connectivity index (χ0v) is 4.92. The third-order valence-electron chi connectivity index (χ3n) is 0.482. The molecule has 5 heteroatoms. The van der Waals surface area contributed by atoms with Crippen molar-refractivity contribution in [2.45, 2.75) is 19.6 Å². The van der Waals surface area contributed by atoms with E-state index in [-0.39, 0.29) is 0 Å². The average molecular weight is 119 g/mol. The lowest BCUT2D eigenvalue weighted by molar-refractivity contribution is 0.0571. The first-order valence-corrected chi connectivity index (χ1v) is 2.28. The predicted octanol–water partition coefficient (Wildman–Crippen LogP) is -1.73. The van der Waals surface area contributed by atoms with Gasteiger partial charge in [-0.15, -0.1) is 0 Å². The van der Waals surface area contributed by atoms with Gasteiger partial charge in [-0.05, 0) is 13.8 Å². The molecule has 4 nitrogen and oxygen atoms in total. The molecule has 0 fully saturated rings. The third kappa shape index (κ3) is 5.90. The smallest absolute Gasteiger partial charge is 0.413 e. The van der Waals surface area contributed by atoms with Crippen molar-refractivity contribution in [2.24, 2.45) is 0 Å². The monoisotopic (exact) mass is 119 g/mol. The highest BCUT2D eigenvalue weighted by atomic mass is 16.4. The molecule has 0 spiro atoms. The summed E-state index contributed by atoms with van der Waals surface area (Å²) >= 11 is 0. The van der Waals surface area contributed by atoms with Gasteiger partial charge in [-0.2, -0.15) is 0 Å². The van der Waals surface area contributed by atoms with Gasteiger partial charge in [0.25, 0.3) is 0 Å². The minimum absolute atomic E-state index is 1.23. The van der Waals surface area contributed by atoms with Crippen LogP contribution in [0.25, 0.3) is 0 Å². The molecule has 0 unspecified atom stereocenters. The van der Waals surface area contributed by atoms with E-state index in [1.54, 1.807) is 0 Å². The van der Waals surface area contributed by atoms with Crippen LogP contribution in [0, 0.1) is 0 Å². The standard InChI is InChI=1S/C3H10BNO3/c1-3(2,6)5-4(7)8/h5-8H,1-2H3. The predicted molar refractivity (Wildman–Crippen MR) is 29.6 cm³/mol. The molecule has 0 rings (SSSR count). The lowest BCUT2D eigenvalue weighted by atomic mass is 10.1. The van der Waals surface area contributed by atoms with Crippen LogP contribution in [0.15, 0.2) is 0 Å². The quantitative estimate of drug-likeness (QED) is 0.257. The van der Waals surface area contributed by atoms with Crippen molar-refractivity contribution in [2.75, 3.05) is 0 Å². The highest BCUT2D eigenvalue weighted by molar-refractivity contribution is 6.37. The maximum atomic E-state index is 8.76. The molecule has 0 atom stereocenters. The van der Waals surface area contributed by atoms with Gasteiger partial charge in [0.1, 0.15) is 5.72 Å². The van der Waals surface area contributed by atoms with Crippen molar-refractivity contribution >= 4 is 7.25 Å². The second-order valence-corrected chi connectivity index (χ2v) is 2.08. The van der Waals surface area contributed by atoms with E-state index in [0.717, 1.165) is 0 Å². The second kappa shape index (κ2) is 2.45. The molecule has 0 aliphatic heterocycles. The summed E-state index contributed by atoms with van der Waals surface area (Å²) in [5, 5.41) is 27.2. The lowest BCUT2D eigenvalue weighted by Crippen LogP contribution is -2.48. The molecular weight excluding hydrogens is 109 g/mol. The molecule has 0 bridgehead atoms. The Labute approximate surface area is 48.3 Å². The van der Waals surface area contributed by atoms with Crippen LogP contribution in [0.4, 0.5) is 0 Å². The van der Waals surface area contributed by atoms with Crippen molar-refractivity contribution in [3.63, 3.8) is 0 Å². The summed E-state index contributed by atoms with van der Waals surface area (Å²) in [6, 6.07) is 0. The second-order valence-electron chi connectivity index (χ2n) is 2.08. The van der Waals surface area contributed by atoms with Crippen LogP contribution in [0.2, 0.25) is 0 Å². The van der Waals surface area contributed by atoms with Crippen molar-refractivity contribution in [3.8, 4) is 0 Å². The van der Waals surface area contributed by atoms with Gasteiger partial charge in [0.05, 0.1) is 0 Å². The molecular formula is C3H10BNO3. The Morgan fingerprint density at radius 1 is 1.38 bits per heavy atom. The van der Waals surface area contributed by atoms with E-state index in [9.17, 15) is 0 Å². The summed E-state index contributed by atoms with van der Waals surface area (Å²) in [6.45, 7) is 2.82. The fourth-order valence-corrected chi connectivity index (χ4v) is 0.316. The molecule has 0 amide bonds. The Hall–Kier alpha value is -0.0951. The molecule has 0 aromatic carbocycles. The Kier molecular flexibility index (Phi) is 2.42. The van der Waals surface area contributed by atoms with E-state index in [1.807, 2.05) is 5.23 Å². The number of hydrogen-bond acceptors (Lipinski definition) is 4. The van der Waals surface area contributed by atoms with E-state index in [0.29, 0.717) is 0 Å². The number of rotatable bonds is 2. The Balaban J connectivity index is 3.39. The number of nitrogens with one attached hydrogen (secondary N) is 1. The molecule has 0 radical (unpaired) electrons. The molecule has 0 aliphatic carbocycles. The van der Waals surface area contributed by atoms with Crippen molar-refractivity contribution in [3.05, 3.63) is 0 Å². The molecule has 0 aliphatic rings. The van der Waals surface area contributed by atoms with Crippen LogP contribution in [0.5, 0.6) is 0 Å². The van der Waals surface area contributed by atoms with E-state index >= 15 is 0 Å². The summed E-state index contributed by atoms with van der Waals surface area (Å²) in [5.41, 5.74) is -1.23. The Morgan fingerprint density at radius 2 is 1.75 bits per heavy atom. The molecule has 4 N–H and O–H groups in total. The summed E-state index contributed by atoms with van der Waals surface area (Å²) < 4.78 is 0.